The minimum atomic E-state index is -0.923. The molecule has 3 rings (SSSR count). The van der Waals surface area contributed by atoms with Gasteiger partial charge in [-0.3, -0.25) is 9.59 Å². The second-order valence-corrected chi connectivity index (χ2v) is 5.43. The van der Waals surface area contributed by atoms with E-state index in [1.807, 2.05) is 0 Å². The van der Waals surface area contributed by atoms with Crippen molar-refractivity contribution in [1.29, 1.82) is 0 Å². The van der Waals surface area contributed by atoms with Crippen molar-refractivity contribution in [2.24, 2.45) is 0 Å². The molecule has 124 valence electrons. The van der Waals surface area contributed by atoms with E-state index in [2.05, 4.69) is 0 Å². The maximum Gasteiger partial charge on any atom is 0.326 e. The van der Waals surface area contributed by atoms with Crippen molar-refractivity contribution in [3.05, 3.63) is 53.6 Å². The first-order valence-corrected chi connectivity index (χ1v) is 7.54. The van der Waals surface area contributed by atoms with Gasteiger partial charge in [0.1, 0.15) is 6.54 Å². The number of carbonyl (C=O) groups is 2. The minimum absolute atomic E-state index is 0.135. The van der Waals surface area contributed by atoms with Crippen LogP contribution in [0.1, 0.15) is 12.5 Å². The molecule has 0 unspecified atom stereocenters. The molecule has 2 aromatic rings. The van der Waals surface area contributed by atoms with E-state index >= 15 is 0 Å². The molecule has 0 saturated heterocycles. The van der Waals surface area contributed by atoms with E-state index in [0.29, 0.717) is 16.8 Å². The van der Waals surface area contributed by atoms with Crippen LogP contribution in [0.5, 0.6) is 0 Å². The summed E-state index contributed by atoms with van der Waals surface area (Å²) in [5.41, 5.74) is 2.58. The van der Waals surface area contributed by atoms with Crippen molar-refractivity contribution in [1.82, 2.24) is 0 Å². The lowest BCUT2D eigenvalue weighted by molar-refractivity contribution is -0.142. The SMILES string of the molecule is CCOC(=O)CN1C(=O)Cc2cc(-c3ccc(F)c(F)c3)ccc21. The summed E-state index contributed by atoms with van der Waals surface area (Å²) in [5, 5.41) is 0. The fourth-order valence-electron chi connectivity index (χ4n) is 2.75. The molecule has 1 heterocycles. The maximum atomic E-state index is 13.4. The molecule has 4 nitrogen and oxygen atoms in total. The number of esters is 1. The molecule has 0 radical (unpaired) electrons. The van der Waals surface area contributed by atoms with Gasteiger partial charge in [0.15, 0.2) is 11.6 Å². The van der Waals surface area contributed by atoms with Crippen molar-refractivity contribution in [2.45, 2.75) is 13.3 Å². The van der Waals surface area contributed by atoms with Crippen molar-refractivity contribution < 1.29 is 23.1 Å². The van der Waals surface area contributed by atoms with Gasteiger partial charge in [-0.05, 0) is 47.9 Å². The Bertz CT molecular complexity index is 820. The molecule has 0 fully saturated rings. The van der Waals surface area contributed by atoms with E-state index in [-0.39, 0.29) is 25.5 Å². The summed E-state index contributed by atoms with van der Waals surface area (Å²) in [6.07, 6.45) is 0.159. The van der Waals surface area contributed by atoms with E-state index in [1.54, 1.807) is 25.1 Å². The second-order valence-electron chi connectivity index (χ2n) is 5.43. The van der Waals surface area contributed by atoms with Crippen LogP contribution in [0.3, 0.4) is 0 Å². The van der Waals surface area contributed by atoms with Crippen molar-refractivity contribution in [3.8, 4) is 11.1 Å². The van der Waals surface area contributed by atoms with E-state index < -0.39 is 17.6 Å². The van der Waals surface area contributed by atoms with Crippen molar-refractivity contribution in [2.75, 3.05) is 18.1 Å². The van der Waals surface area contributed by atoms with E-state index in [0.717, 1.165) is 17.7 Å². The number of hydrogen-bond acceptors (Lipinski definition) is 3. The van der Waals surface area contributed by atoms with Gasteiger partial charge in [0.2, 0.25) is 5.91 Å². The monoisotopic (exact) mass is 331 g/mol. The quantitative estimate of drug-likeness (QED) is 0.809. The Balaban J connectivity index is 1.89. The number of amides is 1. The summed E-state index contributed by atoms with van der Waals surface area (Å²) in [5.74, 6) is -2.49. The van der Waals surface area contributed by atoms with Gasteiger partial charge in [-0.15, -0.1) is 0 Å². The Labute approximate surface area is 137 Å². The first kappa shape index (κ1) is 16.1. The number of ether oxygens (including phenoxy) is 1. The Morgan fingerprint density at radius 3 is 2.54 bits per heavy atom. The number of anilines is 1. The Kier molecular flexibility index (Phi) is 4.29. The lowest BCUT2D eigenvalue weighted by atomic mass is 10.0. The third-order valence-corrected chi connectivity index (χ3v) is 3.86. The zero-order chi connectivity index (χ0) is 17.3. The molecule has 0 N–H and O–H groups in total. The number of fused-ring (bicyclic) bond motifs is 1. The predicted molar refractivity (Wildman–Crippen MR) is 84.5 cm³/mol. The molecule has 1 aliphatic heterocycles. The molecular weight excluding hydrogens is 316 g/mol. The van der Waals surface area contributed by atoms with E-state index in [4.69, 9.17) is 4.74 Å². The van der Waals surface area contributed by atoms with Gasteiger partial charge in [0, 0.05) is 5.69 Å². The van der Waals surface area contributed by atoms with Crippen molar-refractivity contribution >= 4 is 17.6 Å². The molecule has 0 atom stereocenters. The van der Waals surface area contributed by atoms with Crippen LogP contribution in [0, 0.1) is 11.6 Å². The summed E-state index contributed by atoms with van der Waals surface area (Å²) in [6, 6.07) is 8.83. The molecular formula is C18H15F2NO3. The first-order chi connectivity index (χ1) is 11.5. The second kappa shape index (κ2) is 6.39. The summed E-state index contributed by atoms with van der Waals surface area (Å²) >= 11 is 0. The number of halogens is 2. The fourth-order valence-corrected chi connectivity index (χ4v) is 2.75. The average Bonchev–Trinajstić information content (AvgIpc) is 2.85. The molecule has 0 aromatic heterocycles. The number of nitrogens with zero attached hydrogens (tertiary/aromatic N) is 1. The normalized spacial score (nSPS) is 13.1. The molecule has 1 aliphatic rings. The number of hydrogen-bond donors (Lipinski definition) is 0. The maximum absolute atomic E-state index is 13.4. The smallest absolute Gasteiger partial charge is 0.326 e. The standard InChI is InChI=1S/C18H15F2NO3/c1-2-24-18(23)10-21-16-6-4-11(7-13(16)9-17(21)22)12-3-5-14(19)15(20)8-12/h3-8H,2,9-10H2,1H3. The Morgan fingerprint density at radius 2 is 1.83 bits per heavy atom. The van der Waals surface area contributed by atoms with Crippen LogP contribution in [-0.2, 0) is 20.7 Å². The molecule has 1 amide bonds. The molecule has 0 aliphatic carbocycles. The molecule has 0 saturated carbocycles. The van der Waals surface area contributed by atoms with Gasteiger partial charge in [-0.2, -0.15) is 0 Å². The largest absolute Gasteiger partial charge is 0.465 e. The third-order valence-electron chi connectivity index (χ3n) is 3.86. The summed E-state index contributed by atoms with van der Waals surface area (Å²) in [4.78, 5) is 25.1. The topological polar surface area (TPSA) is 46.6 Å². The zero-order valence-electron chi connectivity index (χ0n) is 13.0. The Morgan fingerprint density at radius 1 is 1.12 bits per heavy atom. The van der Waals surface area contributed by atoms with Crippen LogP contribution in [0.2, 0.25) is 0 Å². The van der Waals surface area contributed by atoms with Crippen LogP contribution < -0.4 is 4.90 Å². The van der Waals surface area contributed by atoms with Crippen LogP contribution in [0.4, 0.5) is 14.5 Å². The number of benzene rings is 2. The lowest BCUT2D eigenvalue weighted by Gasteiger charge is -2.16. The van der Waals surface area contributed by atoms with E-state index in [9.17, 15) is 18.4 Å². The molecule has 0 spiro atoms. The average molecular weight is 331 g/mol. The first-order valence-electron chi connectivity index (χ1n) is 7.54. The highest BCUT2D eigenvalue weighted by molar-refractivity contribution is 6.04. The van der Waals surface area contributed by atoms with Gasteiger partial charge in [0.05, 0.1) is 13.0 Å². The number of carbonyl (C=O) groups excluding carboxylic acids is 2. The molecule has 0 bridgehead atoms. The Hall–Kier alpha value is -2.76. The van der Waals surface area contributed by atoms with Crippen LogP contribution in [0.15, 0.2) is 36.4 Å². The highest BCUT2D eigenvalue weighted by Gasteiger charge is 2.29. The van der Waals surface area contributed by atoms with Crippen molar-refractivity contribution in [3.63, 3.8) is 0 Å². The minimum Gasteiger partial charge on any atom is -0.465 e. The summed E-state index contributed by atoms with van der Waals surface area (Å²) in [6.45, 7) is 1.82. The van der Waals surface area contributed by atoms with Crippen LogP contribution in [-0.4, -0.2) is 25.0 Å². The zero-order valence-corrected chi connectivity index (χ0v) is 13.0. The predicted octanol–water partition coefficient (Wildman–Crippen LogP) is 3.08. The summed E-state index contributed by atoms with van der Waals surface area (Å²) in [7, 11) is 0. The third kappa shape index (κ3) is 2.99. The highest BCUT2D eigenvalue weighted by atomic mass is 19.2. The van der Waals surface area contributed by atoms with E-state index in [1.165, 1.54) is 11.0 Å². The van der Waals surface area contributed by atoms with Gasteiger partial charge < -0.3 is 9.64 Å². The van der Waals surface area contributed by atoms with Crippen LogP contribution >= 0.6 is 0 Å². The van der Waals surface area contributed by atoms with Gasteiger partial charge in [-0.25, -0.2) is 8.78 Å². The molecule has 2 aromatic carbocycles. The fraction of sp³-hybridized carbons (Fsp3) is 0.222. The van der Waals surface area contributed by atoms with Crippen LogP contribution in [0.25, 0.3) is 11.1 Å². The summed E-state index contributed by atoms with van der Waals surface area (Å²) < 4.78 is 31.3. The van der Waals surface area contributed by atoms with Gasteiger partial charge in [-0.1, -0.05) is 12.1 Å². The highest BCUT2D eigenvalue weighted by Crippen LogP contribution is 2.33. The lowest BCUT2D eigenvalue weighted by Crippen LogP contribution is -2.33. The number of rotatable bonds is 4. The van der Waals surface area contributed by atoms with Gasteiger partial charge >= 0.3 is 5.97 Å². The van der Waals surface area contributed by atoms with Gasteiger partial charge in [0.25, 0.3) is 0 Å². The molecule has 24 heavy (non-hydrogen) atoms. The molecule has 6 heteroatoms.